The average molecular weight is 233 g/mol. The lowest BCUT2D eigenvalue weighted by Crippen LogP contribution is -2.30. The van der Waals surface area contributed by atoms with Gasteiger partial charge in [-0.1, -0.05) is 18.2 Å². The number of carbonyl (C=O) groups excluding carboxylic acids is 1. The van der Waals surface area contributed by atoms with Gasteiger partial charge in [0, 0.05) is 18.8 Å². The molecule has 0 N–H and O–H groups in total. The number of methoxy groups -OCH3 is 1. The summed E-state index contributed by atoms with van der Waals surface area (Å²) < 4.78 is 4.74. The van der Waals surface area contributed by atoms with Gasteiger partial charge in [0.2, 0.25) is 0 Å². The van der Waals surface area contributed by atoms with E-state index in [1.54, 1.807) is 0 Å². The Morgan fingerprint density at radius 3 is 2.65 bits per heavy atom. The fourth-order valence-corrected chi connectivity index (χ4v) is 2.33. The number of carbonyl (C=O) groups is 1. The van der Waals surface area contributed by atoms with E-state index in [9.17, 15) is 4.79 Å². The molecule has 1 heterocycles. The lowest BCUT2D eigenvalue weighted by Gasteiger charge is -2.30. The number of hydrogen-bond donors (Lipinski definition) is 0. The predicted molar refractivity (Wildman–Crippen MR) is 68.2 cm³/mol. The van der Waals surface area contributed by atoms with Crippen molar-refractivity contribution in [3.8, 4) is 0 Å². The minimum absolute atomic E-state index is 0.172. The highest BCUT2D eigenvalue weighted by molar-refractivity contribution is 5.75. The maximum Gasteiger partial charge on any atom is 0.310 e. The van der Waals surface area contributed by atoms with E-state index in [-0.39, 0.29) is 5.97 Å². The highest BCUT2D eigenvalue weighted by Crippen LogP contribution is 2.24. The molecule has 0 bridgehead atoms. The molecule has 0 atom stereocenters. The molecule has 0 saturated carbocycles. The molecule has 1 aromatic rings. The van der Waals surface area contributed by atoms with Gasteiger partial charge in [-0.2, -0.15) is 0 Å². The third-order valence-electron chi connectivity index (χ3n) is 3.25. The molecule has 0 aliphatic carbocycles. The molecule has 2 rings (SSSR count). The highest BCUT2D eigenvalue weighted by Gasteiger charge is 2.15. The van der Waals surface area contributed by atoms with Gasteiger partial charge in [0.25, 0.3) is 0 Å². The topological polar surface area (TPSA) is 29.5 Å². The molecule has 1 fully saturated rings. The van der Waals surface area contributed by atoms with Gasteiger partial charge < -0.3 is 9.64 Å². The third kappa shape index (κ3) is 2.99. The number of anilines is 1. The highest BCUT2D eigenvalue weighted by atomic mass is 16.5. The van der Waals surface area contributed by atoms with E-state index < -0.39 is 0 Å². The molecule has 0 unspecified atom stereocenters. The summed E-state index contributed by atoms with van der Waals surface area (Å²) in [5.74, 6) is -0.172. The molecule has 0 spiro atoms. The van der Waals surface area contributed by atoms with Crippen molar-refractivity contribution in [3.63, 3.8) is 0 Å². The fraction of sp³-hybridized carbons (Fsp3) is 0.500. The van der Waals surface area contributed by atoms with E-state index in [0.29, 0.717) is 6.42 Å². The zero-order valence-corrected chi connectivity index (χ0v) is 10.3. The maximum absolute atomic E-state index is 11.4. The van der Waals surface area contributed by atoms with Gasteiger partial charge in [-0.05, 0) is 30.9 Å². The quantitative estimate of drug-likeness (QED) is 0.751. The molecule has 3 nitrogen and oxygen atoms in total. The largest absolute Gasteiger partial charge is 0.469 e. The third-order valence-corrected chi connectivity index (χ3v) is 3.25. The van der Waals surface area contributed by atoms with Crippen LogP contribution in [0.5, 0.6) is 0 Å². The van der Waals surface area contributed by atoms with E-state index in [1.807, 2.05) is 18.2 Å². The summed E-state index contributed by atoms with van der Waals surface area (Å²) in [5, 5.41) is 0. The number of rotatable bonds is 3. The zero-order valence-electron chi connectivity index (χ0n) is 10.3. The molecule has 17 heavy (non-hydrogen) atoms. The summed E-state index contributed by atoms with van der Waals surface area (Å²) in [4.78, 5) is 13.8. The van der Waals surface area contributed by atoms with Gasteiger partial charge >= 0.3 is 5.97 Å². The van der Waals surface area contributed by atoms with Crippen LogP contribution >= 0.6 is 0 Å². The summed E-state index contributed by atoms with van der Waals surface area (Å²) in [6.45, 7) is 2.19. The first-order valence-electron chi connectivity index (χ1n) is 6.21. The van der Waals surface area contributed by atoms with Crippen molar-refractivity contribution in [2.24, 2.45) is 0 Å². The number of piperidine rings is 1. The molecule has 92 valence electrons. The van der Waals surface area contributed by atoms with Crippen LogP contribution in [0.4, 0.5) is 5.69 Å². The molecular weight excluding hydrogens is 214 g/mol. The molecule has 1 saturated heterocycles. The molecule has 1 aromatic carbocycles. The second kappa shape index (κ2) is 5.71. The SMILES string of the molecule is COC(=O)Cc1ccccc1N1CCCCC1. The molecule has 0 radical (unpaired) electrons. The van der Waals surface area contributed by atoms with Crippen LogP contribution < -0.4 is 4.90 Å². The van der Waals surface area contributed by atoms with E-state index in [1.165, 1.54) is 32.1 Å². The monoisotopic (exact) mass is 233 g/mol. The van der Waals surface area contributed by atoms with Crippen LogP contribution in [0, 0.1) is 0 Å². The summed E-state index contributed by atoms with van der Waals surface area (Å²) in [7, 11) is 1.44. The van der Waals surface area contributed by atoms with Gasteiger partial charge in [0.05, 0.1) is 13.5 Å². The van der Waals surface area contributed by atoms with E-state index >= 15 is 0 Å². The number of hydrogen-bond acceptors (Lipinski definition) is 3. The number of benzene rings is 1. The standard InChI is InChI=1S/C14H19NO2/c1-17-14(16)11-12-7-3-4-8-13(12)15-9-5-2-6-10-15/h3-4,7-8H,2,5-6,9-11H2,1H3. The molecule has 0 amide bonds. The number of ether oxygens (including phenoxy) is 1. The average Bonchev–Trinajstić information content (AvgIpc) is 2.40. The van der Waals surface area contributed by atoms with Crippen molar-refractivity contribution >= 4 is 11.7 Å². The normalized spacial score (nSPS) is 15.7. The van der Waals surface area contributed by atoms with Crippen LogP contribution in [0.3, 0.4) is 0 Å². The minimum atomic E-state index is -0.172. The van der Waals surface area contributed by atoms with Crippen LogP contribution in [0.15, 0.2) is 24.3 Å². The van der Waals surface area contributed by atoms with Crippen molar-refractivity contribution in [3.05, 3.63) is 29.8 Å². The Kier molecular flexibility index (Phi) is 4.02. The maximum atomic E-state index is 11.4. The number of esters is 1. The first kappa shape index (κ1) is 12.0. The Labute approximate surface area is 102 Å². The van der Waals surface area contributed by atoms with Gasteiger partial charge in [-0.3, -0.25) is 4.79 Å². The second-order valence-corrected chi connectivity index (χ2v) is 4.43. The molecular formula is C14H19NO2. The Morgan fingerprint density at radius 2 is 1.94 bits per heavy atom. The van der Waals surface area contributed by atoms with Crippen LogP contribution in [-0.2, 0) is 16.0 Å². The van der Waals surface area contributed by atoms with Crippen molar-refractivity contribution in [2.75, 3.05) is 25.1 Å². The smallest absolute Gasteiger partial charge is 0.310 e. The van der Waals surface area contributed by atoms with E-state index in [0.717, 1.165) is 18.7 Å². The van der Waals surface area contributed by atoms with Gasteiger partial charge in [-0.25, -0.2) is 0 Å². The number of para-hydroxylation sites is 1. The minimum Gasteiger partial charge on any atom is -0.469 e. The van der Waals surface area contributed by atoms with Crippen LogP contribution in [0.2, 0.25) is 0 Å². The summed E-state index contributed by atoms with van der Waals surface area (Å²) in [6, 6.07) is 8.13. The lowest BCUT2D eigenvalue weighted by atomic mass is 10.1. The van der Waals surface area contributed by atoms with Gasteiger partial charge in [-0.15, -0.1) is 0 Å². The Bertz CT molecular complexity index is 384. The molecule has 0 aromatic heterocycles. The summed E-state index contributed by atoms with van der Waals surface area (Å²) >= 11 is 0. The molecule has 1 aliphatic rings. The van der Waals surface area contributed by atoms with E-state index in [4.69, 9.17) is 4.74 Å². The number of nitrogens with zero attached hydrogens (tertiary/aromatic N) is 1. The van der Waals surface area contributed by atoms with Gasteiger partial charge in [0.1, 0.15) is 0 Å². The second-order valence-electron chi connectivity index (χ2n) is 4.43. The Hall–Kier alpha value is -1.51. The zero-order chi connectivity index (χ0) is 12.1. The van der Waals surface area contributed by atoms with Gasteiger partial charge in [0.15, 0.2) is 0 Å². The van der Waals surface area contributed by atoms with Crippen LogP contribution in [-0.4, -0.2) is 26.2 Å². The van der Waals surface area contributed by atoms with Crippen molar-refractivity contribution < 1.29 is 9.53 Å². The van der Waals surface area contributed by atoms with Crippen molar-refractivity contribution in [1.82, 2.24) is 0 Å². The predicted octanol–water partition coefficient (Wildman–Crippen LogP) is 2.39. The van der Waals surface area contributed by atoms with Crippen LogP contribution in [0.25, 0.3) is 0 Å². The molecule has 3 heteroatoms. The first-order chi connectivity index (χ1) is 8.31. The van der Waals surface area contributed by atoms with Crippen molar-refractivity contribution in [2.45, 2.75) is 25.7 Å². The Balaban J connectivity index is 2.17. The first-order valence-corrected chi connectivity index (χ1v) is 6.21. The summed E-state index contributed by atoms with van der Waals surface area (Å²) in [5.41, 5.74) is 2.26. The molecule has 1 aliphatic heterocycles. The Morgan fingerprint density at radius 1 is 1.24 bits per heavy atom. The summed E-state index contributed by atoms with van der Waals surface area (Å²) in [6.07, 6.45) is 4.16. The fourth-order valence-electron chi connectivity index (χ4n) is 2.33. The van der Waals surface area contributed by atoms with E-state index in [2.05, 4.69) is 11.0 Å². The van der Waals surface area contributed by atoms with Crippen molar-refractivity contribution in [1.29, 1.82) is 0 Å². The lowest BCUT2D eigenvalue weighted by molar-refractivity contribution is -0.139. The van der Waals surface area contributed by atoms with Crippen LogP contribution in [0.1, 0.15) is 24.8 Å².